The van der Waals surface area contributed by atoms with Gasteiger partial charge in [-0.25, -0.2) is 4.39 Å². The second-order valence-corrected chi connectivity index (χ2v) is 6.74. The molecule has 6 heteroatoms. The van der Waals surface area contributed by atoms with Crippen LogP contribution in [0.15, 0.2) is 30.3 Å². The number of nitrogens with zero attached hydrogens (tertiary/aromatic N) is 1. The average molecular weight is 367 g/mol. The van der Waals surface area contributed by atoms with Gasteiger partial charge in [-0.05, 0) is 49.1 Å². The van der Waals surface area contributed by atoms with E-state index in [4.69, 9.17) is 23.2 Å². The predicted molar refractivity (Wildman–Crippen MR) is 96.8 cm³/mol. The number of nitrogens with one attached hydrogen (secondary N) is 1. The van der Waals surface area contributed by atoms with E-state index in [-0.39, 0.29) is 18.3 Å². The van der Waals surface area contributed by atoms with Crippen LogP contribution in [0.5, 0.6) is 0 Å². The van der Waals surface area contributed by atoms with Crippen molar-refractivity contribution < 1.29 is 9.18 Å². The van der Waals surface area contributed by atoms with Crippen LogP contribution in [0, 0.1) is 12.7 Å². The van der Waals surface area contributed by atoms with E-state index in [2.05, 4.69) is 5.32 Å². The normalized spacial score (nSPS) is 13.6. The summed E-state index contributed by atoms with van der Waals surface area (Å²) in [6.45, 7) is 2.56. The Morgan fingerprint density at radius 3 is 2.71 bits per heavy atom. The summed E-state index contributed by atoms with van der Waals surface area (Å²) in [4.78, 5) is 14.2. The number of carbonyl (C=O) groups is 1. The average Bonchev–Trinajstić information content (AvgIpc) is 2.50. The summed E-state index contributed by atoms with van der Waals surface area (Å²) in [6.07, 6.45) is 1.71. The first-order valence-corrected chi connectivity index (χ1v) is 8.49. The topological polar surface area (TPSA) is 32.3 Å². The zero-order valence-corrected chi connectivity index (χ0v) is 14.7. The maximum absolute atomic E-state index is 14.4. The summed E-state index contributed by atoms with van der Waals surface area (Å²) in [5, 5.41) is 3.46. The Balaban J connectivity index is 1.79. The molecular formula is C18H17Cl2FN2O. The fourth-order valence-electron chi connectivity index (χ4n) is 3.05. The number of para-hydroxylation sites is 1. The zero-order valence-electron chi connectivity index (χ0n) is 13.2. The first kappa shape index (κ1) is 17.1. The highest BCUT2D eigenvalue weighted by molar-refractivity contribution is 6.39. The molecule has 0 bridgehead atoms. The molecule has 0 aromatic heterocycles. The van der Waals surface area contributed by atoms with Gasteiger partial charge in [-0.3, -0.25) is 4.79 Å². The smallest absolute Gasteiger partial charge is 0.243 e. The van der Waals surface area contributed by atoms with Gasteiger partial charge in [0.15, 0.2) is 0 Å². The molecule has 126 valence electrons. The quantitative estimate of drug-likeness (QED) is 0.843. The van der Waals surface area contributed by atoms with Crippen molar-refractivity contribution in [3.05, 3.63) is 57.3 Å². The standard InChI is InChI=1S/C18H17Cl2FN2O/c1-11-8-12-4-3-7-23(18(12)15(21)9-11)10-16(24)22-17-13(19)5-2-6-14(17)20/h2,5-6,8-9H,3-4,7,10H2,1H3,(H,22,24). The van der Waals surface area contributed by atoms with Gasteiger partial charge in [-0.15, -0.1) is 0 Å². The maximum atomic E-state index is 14.4. The number of amides is 1. The summed E-state index contributed by atoms with van der Waals surface area (Å²) < 4.78 is 14.4. The highest BCUT2D eigenvalue weighted by atomic mass is 35.5. The molecule has 1 aliphatic rings. The molecule has 2 aromatic rings. The fraction of sp³-hybridized carbons (Fsp3) is 0.278. The van der Waals surface area contributed by atoms with Crippen LogP contribution >= 0.6 is 23.2 Å². The van der Waals surface area contributed by atoms with Gasteiger partial charge in [-0.2, -0.15) is 0 Å². The molecule has 2 aromatic carbocycles. The van der Waals surface area contributed by atoms with Gasteiger partial charge in [0.25, 0.3) is 0 Å². The lowest BCUT2D eigenvalue weighted by Crippen LogP contribution is -2.37. The lowest BCUT2D eigenvalue weighted by atomic mass is 9.99. The molecule has 3 nitrogen and oxygen atoms in total. The molecule has 3 rings (SSSR count). The van der Waals surface area contributed by atoms with Crippen LogP contribution in [0.2, 0.25) is 10.0 Å². The zero-order chi connectivity index (χ0) is 17.3. The van der Waals surface area contributed by atoms with E-state index in [0.29, 0.717) is 28.0 Å². The monoisotopic (exact) mass is 366 g/mol. The van der Waals surface area contributed by atoms with Crippen molar-refractivity contribution in [1.29, 1.82) is 0 Å². The van der Waals surface area contributed by atoms with Crippen molar-refractivity contribution in [2.75, 3.05) is 23.3 Å². The van der Waals surface area contributed by atoms with Crippen LogP contribution in [-0.4, -0.2) is 19.0 Å². The van der Waals surface area contributed by atoms with Crippen LogP contribution in [0.25, 0.3) is 0 Å². The Hall–Kier alpha value is -1.78. The predicted octanol–water partition coefficient (Wildman–Crippen LogP) is 4.83. The lowest BCUT2D eigenvalue weighted by Gasteiger charge is -2.31. The van der Waals surface area contributed by atoms with E-state index in [0.717, 1.165) is 24.0 Å². The summed E-state index contributed by atoms with van der Waals surface area (Å²) in [5.74, 6) is -0.564. The second kappa shape index (κ2) is 6.99. The molecule has 0 fully saturated rings. The lowest BCUT2D eigenvalue weighted by molar-refractivity contribution is -0.115. The van der Waals surface area contributed by atoms with Crippen LogP contribution in [0.3, 0.4) is 0 Å². The molecule has 1 heterocycles. The third-order valence-electron chi connectivity index (χ3n) is 4.04. The minimum atomic E-state index is -0.284. The van der Waals surface area contributed by atoms with Gasteiger partial charge >= 0.3 is 0 Å². The number of hydrogen-bond donors (Lipinski definition) is 1. The third-order valence-corrected chi connectivity index (χ3v) is 4.67. The largest absolute Gasteiger partial charge is 0.360 e. The van der Waals surface area contributed by atoms with Crippen LogP contribution in [-0.2, 0) is 11.2 Å². The van der Waals surface area contributed by atoms with E-state index in [1.165, 1.54) is 6.07 Å². The van der Waals surface area contributed by atoms with Crippen LogP contribution in [0.4, 0.5) is 15.8 Å². The van der Waals surface area contributed by atoms with Crippen LogP contribution in [0.1, 0.15) is 17.5 Å². The van der Waals surface area contributed by atoms with E-state index < -0.39 is 0 Å². The van der Waals surface area contributed by atoms with E-state index in [9.17, 15) is 9.18 Å². The van der Waals surface area contributed by atoms with Crippen molar-refractivity contribution in [3.63, 3.8) is 0 Å². The van der Waals surface area contributed by atoms with Crippen LogP contribution < -0.4 is 10.2 Å². The number of carbonyl (C=O) groups excluding carboxylic acids is 1. The summed E-state index contributed by atoms with van der Waals surface area (Å²) in [6, 6.07) is 8.50. The number of benzene rings is 2. The minimum Gasteiger partial charge on any atom is -0.360 e. The molecule has 0 aliphatic carbocycles. The molecule has 24 heavy (non-hydrogen) atoms. The van der Waals surface area contributed by atoms with Crippen molar-refractivity contribution in [1.82, 2.24) is 0 Å². The summed E-state index contributed by atoms with van der Waals surface area (Å²) >= 11 is 12.1. The molecule has 0 radical (unpaired) electrons. The number of fused-ring (bicyclic) bond motifs is 1. The number of rotatable bonds is 3. The van der Waals surface area contributed by atoms with Gasteiger partial charge in [-0.1, -0.05) is 35.3 Å². The van der Waals surface area contributed by atoms with E-state index >= 15 is 0 Å². The molecule has 1 N–H and O–H groups in total. The second-order valence-electron chi connectivity index (χ2n) is 5.92. The first-order valence-electron chi connectivity index (χ1n) is 7.73. The Bertz CT molecular complexity index is 775. The fourth-order valence-corrected chi connectivity index (χ4v) is 3.54. The molecule has 0 saturated heterocycles. The Morgan fingerprint density at radius 2 is 2.00 bits per heavy atom. The summed E-state index contributed by atoms with van der Waals surface area (Å²) in [7, 11) is 0. The Morgan fingerprint density at radius 1 is 1.29 bits per heavy atom. The molecule has 0 spiro atoms. The molecule has 0 saturated carbocycles. The number of halogens is 3. The van der Waals surface area contributed by atoms with Gasteiger partial charge in [0.1, 0.15) is 5.82 Å². The number of hydrogen-bond acceptors (Lipinski definition) is 2. The van der Waals surface area contributed by atoms with Gasteiger partial charge < -0.3 is 10.2 Å². The molecule has 0 unspecified atom stereocenters. The SMILES string of the molecule is Cc1cc(F)c2c(c1)CCCN2CC(=O)Nc1c(Cl)cccc1Cl. The number of aryl methyl sites for hydroxylation is 2. The third kappa shape index (κ3) is 3.50. The molecule has 1 amide bonds. The molecule has 1 aliphatic heterocycles. The van der Waals surface area contributed by atoms with Gasteiger partial charge in [0.05, 0.1) is 28.0 Å². The van der Waals surface area contributed by atoms with Crippen molar-refractivity contribution >= 4 is 40.5 Å². The van der Waals surface area contributed by atoms with Crippen molar-refractivity contribution in [3.8, 4) is 0 Å². The van der Waals surface area contributed by atoms with Crippen molar-refractivity contribution in [2.45, 2.75) is 19.8 Å². The molecule has 0 atom stereocenters. The molecular weight excluding hydrogens is 350 g/mol. The Kier molecular flexibility index (Phi) is 4.97. The number of anilines is 2. The van der Waals surface area contributed by atoms with Crippen molar-refractivity contribution in [2.24, 2.45) is 0 Å². The first-order chi connectivity index (χ1) is 11.5. The van der Waals surface area contributed by atoms with E-state index in [1.54, 1.807) is 23.1 Å². The Labute approximate surface area is 150 Å². The van der Waals surface area contributed by atoms with Gasteiger partial charge in [0, 0.05) is 6.54 Å². The summed E-state index contributed by atoms with van der Waals surface area (Å²) in [5.41, 5.74) is 2.74. The highest BCUT2D eigenvalue weighted by Crippen LogP contribution is 2.32. The van der Waals surface area contributed by atoms with Gasteiger partial charge in [0.2, 0.25) is 5.91 Å². The minimum absolute atomic E-state index is 0.0501. The van der Waals surface area contributed by atoms with E-state index in [1.807, 2.05) is 13.0 Å². The highest BCUT2D eigenvalue weighted by Gasteiger charge is 2.23. The maximum Gasteiger partial charge on any atom is 0.243 e.